The first-order chi connectivity index (χ1) is 10.0. The topological polar surface area (TPSA) is 82.2 Å². The summed E-state index contributed by atoms with van der Waals surface area (Å²) in [5, 5.41) is 18.5. The second-order valence-electron chi connectivity index (χ2n) is 4.63. The standard InChI is InChI=1S/C14H18N4O3/c1-4-12-10(9-17(2)16-12)8-15-11-5-6-13(18(19)20)14(7-11)21-3/h5-7,9,15H,4,8H2,1-3H3. The van der Waals surface area contributed by atoms with Crippen molar-refractivity contribution in [2.45, 2.75) is 19.9 Å². The van der Waals surface area contributed by atoms with Crippen LogP contribution in [0.4, 0.5) is 11.4 Å². The molecule has 0 atom stereocenters. The van der Waals surface area contributed by atoms with Gasteiger partial charge in [-0.3, -0.25) is 14.8 Å². The fourth-order valence-corrected chi connectivity index (χ4v) is 2.16. The van der Waals surface area contributed by atoms with Gasteiger partial charge in [0.15, 0.2) is 5.75 Å². The Labute approximate surface area is 122 Å². The van der Waals surface area contributed by atoms with E-state index in [1.165, 1.54) is 13.2 Å². The third kappa shape index (κ3) is 3.31. The zero-order valence-corrected chi connectivity index (χ0v) is 12.3. The van der Waals surface area contributed by atoms with Crippen molar-refractivity contribution >= 4 is 11.4 Å². The van der Waals surface area contributed by atoms with Gasteiger partial charge in [-0.25, -0.2) is 0 Å². The number of nitrogens with zero attached hydrogens (tertiary/aromatic N) is 3. The molecule has 112 valence electrons. The van der Waals surface area contributed by atoms with Gasteiger partial charge in [0.1, 0.15) is 0 Å². The smallest absolute Gasteiger partial charge is 0.311 e. The molecule has 2 rings (SSSR count). The van der Waals surface area contributed by atoms with Crippen molar-refractivity contribution in [3.63, 3.8) is 0 Å². The Hall–Kier alpha value is -2.57. The van der Waals surface area contributed by atoms with Crippen LogP contribution >= 0.6 is 0 Å². The van der Waals surface area contributed by atoms with Crippen LogP contribution in [0.1, 0.15) is 18.2 Å². The lowest BCUT2D eigenvalue weighted by atomic mass is 10.2. The van der Waals surface area contributed by atoms with Gasteiger partial charge < -0.3 is 10.1 Å². The molecule has 21 heavy (non-hydrogen) atoms. The number of hydrogen-bond acceptors (Lipinski definition) is 5. The predicted molar refractivity (Wildman–Crippen MR) is 79.6 cm³/mol. The van der Waals surface area contributed by atoms with E-state index in [4.69, 9.17) is 4.74 Å². The van der Waals surface area contributed by atoms with Gasteiger partial charge in [0, 0.05) is 43.2 Å². The largest absolute Gasteiger partial charge is 0.490 e. The molecule has 0 fully saturated rings. The highest BCUT2D eigenvalue weighted by atomic mass is 16.6. The lowest BCUT2D eigenvalue weighted by Gasteiger charge is -2.08. The molecule has 0 spiro atoms. The van der Waals surface area contributed by atoms with Gasteiger partial charge in [-0.05, 0) is 12.5 Å². The number of nitrogens with one attached hydrogen (secondary N) is 1. The van der Waals surface area contributed by atoms with E-state index in [2.05, 4.69) is 17.3 Å². The fourth-order valence-electron chi connectivity index (χ4n) is 2.16. The minimum absolute atomic E-state index is 0.0429. The third-order valence-corrected chi connectivity index (χ3v) is 3.19. The summed E-state index contributed by atoms with van der Waals surface area (Å²) in [4.78, 5) is 10.4. The SMILES string of the molecule is CCc1nn(C)cc1CNc1ccc([N+](=O)[O-])c(OC)c1. The molecule has 0 saturated heterocycles. The predicted octanol–water partition coefficient (Wildman–Crippen LogP) is 2.51. The summed E-state index contributed by atoms with van der Waals surface area (Å²) in [5.74, 6) is 0.243. The molecule has 0 bridgehead atoms. The zero-order chi connectivity index (χ0) is 15.4. The monoisotopic (exact) mass is 290 g/mol. The lowest BCUT2D eigenvalue weighted by molar-refractivity contribution is -0.385. The Morgan fingerprint density at radius 3 is 2.86 bits per heavy atom. The van der Waals surface area contributed by atoms with Crippen LogP contribution < -0.4 is 10.1 Å². The minimum Gasteiger partial charge on any atom is -0.490 e. The highest BCUT2D eigenvalue weighted by Gasteiger charge is 2.14. The Morgan fingerprint density at radius 1 is 1.48 bits per heavy atom. The molecule has 0 aliphatic carbocycles. The first-order valence-corrected chi connectivity index (χ1v) is 6.62. The number of nitro groups is 1. The van der Waals surface area contributed by atoms with E-state index in [1.54, 1.807) is 16.8 Å². The average Bonchev–Trinajstić information content (AvgIpc) is 2.84. The van der Waals surface area contributed by atoms with Gasteiger partial charge in [0.2, 0.25) is 0 Å². The van der Waals surface area contributed by atoms with E-state index in [9.17, 15) is 10.1 Å². The maximum atomic E-state index is 10.9. The Morgan fingerprint density at radius 2 is 2.24 bits per heavy atom. The number of rotatable bonds is 6. The van der Waals surface area contributed by atoms with Crippen molar-refractivity contribution in [3.8, 4) is 5.75 Å². The summed E-state index contributed by atoms with van der Waals surface area (Å²) >= 11 is 0. The number of anilines is 1. The molecule has 2 aromatic rings. The number of aryl methyl sites for hydroxylation is 2. The molecule has 1 aromatic heterocycles. The van der Waals surface area contributed by atoms with Crippen LogP contribution in [-0.2, 0) is 20.0 Å². The molecule has 0 amide bonds. The number of hydrogen-bond donors (Lipinski definition) is 1. The van der Waals surface area contributed by atoms with E-state index in [1.807, 2.05) is 13.2 Å². The Kier molecular flexibility index (Phi) is 4.42. The van der Waals surface area contributed by atoms with E-state index >= 15 is 0 Å². The fraction of sp³-hybridized carbons (Fsp3) is 0.357. The highest BCUT2D eigenvalue weighted by Crippen LogP contribution is 2.29. The molecule has 0 aliphatic heterocycles. The molecule has 0 saturated carbocycles. The number of aromatic nitrogens is 2. The molecule has 1 N–H and O–H groups in total. The van der Waals surface area contributed by atoms with Gasteiger partial charge in [0.25, 0.3) is 0 Å². The molecule has 1 aromatic carbocycles. The van der Waals surface area contributed by atoms with Crippen LogP contribution in [0.5, 0.6) is 5.75 Å². The average molecular weight is 290 g/mol. The van der Waals surface area contributed by atoms with Crippen LogP contribution in [0.2, 0.25) is 0 Å². The normalized spacial score (nSPS) is 10.4. The summed E-state index contributed by atoms with van der Waals surface area (Å²) in [6, 6.07) is 4.73. The van der Waals surface area contributed by atoms with Crippen molar-refractivity contribution in [1.29, 1.82) is 0 Å². The third-order valence-electron chi connectivity index (χ3n) is 3.19. The first kappa shape index (κ1) is 14.8. The van der Waals surface area contributed by atoms with E-state index < -0.39 is 4.92 Å². The lowest BCUT2D eigenvalue weighted by Crippen LogP contribution is -2.02. The van der Waals surface area contributed by atoms with Crippen LogP contribution in [0, 0.1) is 10.1 Å². The van der Waals surface area contributed by atoms with E-state index in [0.29, 0.717) is 6.54 Å². The van der Waals surface area contributed by atoms with Crippen molar-refractivity contribution in [2.24, 2.45) is 7.05 Å². The van der Waals surface area contributed by atoms with Crippen molar-refractivity contribution in [3.05, 3.63) is 45.8 Å². The summed E-state index contributed by atoms with van der Waals surface area (Å²) in [7, 11) is 3.31. The van der Waals surface area contributed by atoms with Gasteiger partial charge >= 0.3 is 5.69 Å². The van der Waals surface area contributed by atoms with Gasteiger partial charge in [-0.2, -0.15) is 5.10 Å². The highest BCUT2D eigenvalue weighted by molar-refractivity contribution is 5.58. The Balaban J connectivity index is 2.15. The van der Waals surface area contributed by atoms with Gasteiger partial charge in [-0.1, -0.05) is 6.92 Å². The number of benzene rings is 1. The number of methoxy groups -OCH3 is 1. The molecule has 0 aliphatic rings. The molecule has 0 radical (unpaired) electrons. The van der Waals surface area contributed by atoms with Crippen LogP contribution in [0.25, 0.3) is 0 Å². The zero-order valence-electron chi connectivity index (χ0n) is 12.3. The summed E-state index contributed by atoms with van der Waals surface area (Å²) in [6.45, 7) is 2.67. The quantitative estimate of drug-likeness (QED) is 0.653. The molecule has 1 heterocycles. The second kappa shape index (κ2) is 6.25. The van der Waals surface area contributed by atoms with Gasteiger partial charge in [-0.15, -0.1) is 0 Å². The van der Waals surface area contributed by atoms with Crippen molar-refractivity contribution in [2.75, 3.05) is 12.4 Å². The minimum atomic E-state index is -0.459. The van der Waals surface area contributed by atoms with Crippen LogP contribution in [0.3, 0.4) is 0 Å². The molecule has 0 unspecified atom stereocenters. The number of nitro benzene ring substituents is 1. The second-order valence-corrected chi connectivity index (χ2v) is 4.63. The maximum absolute atomic E-state index is 10.9. The molecular weight excluding hydrogens is 272 g/mol. The van der Waals surface area contributed by atoms with Crippen molar-refractivity contribution in [1.82, 2.24) is 9.78 Å². The van der Waals surface area contributed by atoms with Crippen LogP contribution in [-0.4, -0.2) is 21.8 Å². The van der Waals surface area contributed by atoms with Gasteiger partial charge in [0.05, 0.1) is 17.7 Å². The van der Waals surface area contributed by atoms with E-state index in [-0.39, 0.29) is 11.4 Å². The first-order valence-electron chi connectivity index (χ1n) is 6.62. The molecular formula is C14H18N4O3. The van der Waals surface area contributed by atoms with Crippen molar-refractivity contribution < 1.29 is 9.66 Å². The summed E-state index contributed by atoms with van der Waals surface area (Å²) in [6.07, 6.45) is 2.83. The van der Waals surface area contributed by atoms with E-state index in [0.717, 1.165) is 23.4 Å². The maximum Gasteiger partial charge on any atom is 0.311 e. The van der Waals surface area contributed by atoms with Crippen LogP contribution in [0.15, 0.2) is 24.4 Å². The molecule has 7 heteroatoms. The summed E-state index contributed by atoms with van der Waals surface area (Å²) < 4.78 is 6.83. The number of ether oxygens (including phenoxy) is 1. The Bertz CT molecular complexity index is 652. The summed E-state index contributed by atoms with van der Waals surface area (Å²) in [5.41, 5.74) is 2.87. The molecule has 7 nitrogen and oxygen atoms in total.